The number of aryl methyl sites for hydroxylation is 1. The van der Waals surface area contributed by atoms with E-state index in [1.165, 1.54) is 5.56 Å². The molecule has 0 aliphatic carbocycles. The Kier molecular flexibility index (Phi) is 5.43. The van der Waals surface area contributed by atoms with Crippen molar-refractivity contribution in [3.05, 3.63) is 50.7 Å². The molecule has 1 aromatic carbocycles. The molecule has 1 aromatic heterocycles. The smallest absolute Gasteiger partial charge is 0.142 e. The van der Waals surface area contributed by atoms with Crippen LogP contribution in [0.25, 0.3) is 0 Å². The summed E-state index contributed by atoms with van der Waals surface area (Å²) in [6, 6.07) is 8.13. The van der Waals surface area contributed by atoms with Gasteiger partial charge in [0, 0.05) is 15.1 Å². The molecule has 2 rings (SSSR count). The number of aromatic nitrogens is 1. The quantitative estimate of drug-likeness (QED) is 0.774. The van der Waals surface area contributed by atoms with E-state index < -0.39 is 0 Å². The topological polar surface area (TPSA) is 34.1 Å². The van der Waals surface area contributed by atoms with Gasteiger partial charge >= 0.3 is 0 Å². The Balaban J connectivity index is 2.14. The molecule has 5 heteroatoms. The summed E-state index contributed by atoms with van der Waals surface area (Å²) >= 11 is 6.92. The summed E-state index contributed by atoms with van der Waals surface area (Å²) in [7, 11) is 0. The van der Waals surface area contributed by atoms with Gasteiger partial charge in [0.2, 0.25) is 0 Å². The van der Waals surface area contributed by atoms with E-state index in [9.17, 15) is 0 Å². The lowest BCUT2D eigenvalue weighted by atomic mass is 10.2. The first-order chi connectivity index (χ1) is 9.60. The van der Waals surface area contributed by atoms with Crippen LogP contribution in [0.3, 0.4) is 0 Å². The minimum Gasteiger partial charge on any atom is -0.492 e. The largest absolute Gasteiger partial charge is 0.492 e. The predicted octanol–water partition coefficient (Wildman–Crippen LogP) is 4.93. The molecule has 0 bridgehead atoms. The Morgan fingerprint density at radius 3 is 2.75 bits per heavy atom. The number of nitrogens with zero attached hydrogens (tertiary/aromatic N) is 1. The predicted molar refractivity (Wildman–Crippen MR) is 89.3 cm³/mol. The minimum atomic E-state index is 0.636. The molecule has 0 amide bonds. The van der Waals surface area contributed by atoms with E-state index in [-0.39, 0.29) is 0 Å². The molecular weight excluding hydrogens is 384 g/mol. The number of halogens is 2. The Morgan fingerprint density at radius 2 is 2.05 bits per heavy atom. The summed E-state index contributed by atoms with van der Waals surface area (Å²) in [5.41, 5.74) is 3.12. The summed E-state index contributed by atoms with van der Waals surface area (Å²) in [5, 5.41) is 3.37. The molecule has 0 radical (unpaired) electrons. The van der Waals surface area contributed by atoms with E-state index in [4.69, 9.17) is 4.74 Å². The van der Waals surface area contributed by atoms with Crippen LogP contribution in [-0.4, -0.2) is 11.6 Å². The SMILES string of the molecule is CCOc1cc(C)ccc1NCc1ncc(Br)cc1Br. The van der Waals surface area contributed by atoms with Crippen LogP contribution in [0.4, 0.5) is 5.69 Å². The fourth-order valence-electron chi connectivity index (χ4n) is 1.80. The molecule has 0 aliphatic heterocycles. The Morgan fingerprint density at radius 1 is 1.25 bits per heavy atom. The van der Waals surface area contributed by atoms with Crippen molar-refractivity contribution >= 4 is 37.5 Å². The van der Waals surface area contributed by atoms with Gasteiger partial charge in [0.1, 0.15) is 5.75 Å². The van der Waals surface area contributed by atoms with Crippen LogP contribution in [0.15, 0.2) is 39.4 Å². The first-order valence-electron chi connectivity index (χ1n) is 6.37. The fraction of sp³-hybridized carbons (Fsp3) is 0.267. The number of anilines is 1. The van der Waals surface area contributed by atoms with E-state index in [0.717, 1.165) is 26.1 Å². The van der Waals surface area contributed by atoms with E-state index in [1.54, 1.807) is 6.20 Å². The Labute approximate surface area is 136 Å². The van der Waals surface area contributed by atoms with Crippen LogP contribution in [0.1, 0.15) is 18.2 Å². The van der Waals surface area contributed by atoms with Crippen LogP contribution in [0.2, 0.25) is 0 Å². The summed E-state index contributed by atoms with van der Waals surface area (Å²) in [5.74, 6) is 0.876. The Bertz CT molecular complexity index is 602. The van der Waals surface area contributed by atoms with Gasteiger partial charge < -0.3 is 10.1 Å². The molecular formula is C15H16Br2N2O. The van der Waals surface area contributed by atoms with Crippen LogP contribution in [0.5, 0.6) is 5.75 Å². The maximum Gasteiger partial charge on any atom is 0.142 e. The number of ether oxygens (including phenoxy) is 1. The number of hydrogen-bond donors (Lipinski definition) is 1. The fourth-order valence-corrected chi connectivity index (χ4v) is 2.93. The van der Waals surface area contributed by atoms with Crippen LogP contribution >= 0.6 is 31.9 Å². The van der Waals surface area contributed by atoms with E-state index in [2.05, 4.69) is 55.2 Å². The molecule has 20 heavy (non-hydrogen) atoms. The molecule has 0 saturated heterocycles. The molecule has 0 unspecified atom stereocenters. The third-order valence-electron chi connectivity index (χ3n) is 2.77. The van der Waals surface area contributed by atoms with Crippen LogP contribution in [0, 0.1) is 6.92 Å². The van der Waals surface area contributed by atoms with E-state index >= 15 is 0 Å². The minimum absolute atomic E-state index is 0.636. The highest BCUT2D eigenvalue weighted by Gasteiger charge is 2.06. The van der Waals surface area contributed by atoms with Gasteiger partial charge in [-0.25, -0.2) is 0 Å². The van der Waals surface area contributed by atoms with Gasteiger partial charge in [0.25, 0.3) is 0 Å². The van der Waals surface area contributed by atoms with Crippen LogP contribution in [-0.2, 0) is 6.54 Å². The molecule has 2 aromatic rings. The van der Waals surface area contributed by atoms with Crippen molar-refractivity contribution in [2.75, 3.05) is 11.9 Å². The zero-order valence-corrected chi connectivity index (χ0v) is 14.6. The van der Waals surface area contributed by atoms with Crippen molar-refractivity contribution in [2.45, 2.75) is 20.4 Å². The zero-order valence-electron chi connectivity index (χ0n) is 11.4. The monoisotopic (exact) mass is 398 g/mol. The highest BCUT2D eigenvalue weighted by Crippen LogP contribution is 2.27. The summed E-state index contributed by atoms with van der Waals surface area (Å²) < 4.78 is 7.59. The number of rotatable bonds is 5. The molecule has 0 spiro atoms. The van der Waals surface area contributed by atoms with Gasteiger partial charge in [-0.3, -0.25) is 4.98 Å². The van der Waals surface area contributed by atoms with Crippen molar-refractivity contribution in [1.82, 2.24) is 4.98 Å². The van der Waals surface area contributed by atoms with E-state index in [0.29, 0.717) is 13.2 Å². The van der Waals surface area contributed by atoms with Gasteiger partial charge in [-0.1, -0.05) is 6.07 Å². The normalized spacial score (nSPS) is 10.4. The van der Waals surface area contributed by atoms with Gasteiger partial charge in [-0.15, -0.1) is 0 Å². The van der Waals surface area contributed by atoms with Crippen molar-refractivity contribution in [3.63, 3.8) is 0 Å². The number of pyridine rings is 1. The molecule has 0 saturated carbocycles. The molecule has 1 heterocycles. The molecule has 1 N–H and O–H groups in total. The third-order valence-corrected chi connectivity index (χ3v) is 3.89. The second-order valence-corrected chi connectivity index (χ2v) is 6.14. The molecule has 0 fully saturated rings. The van der Waals surface area contributed by atoms with Crippen molar-refractivity contribution in [2.24, 2.45) is 0 Å². The molecule has 106 valence electrons. The van der Waals surface area contributed by atoms with E-state index in [1.807, 2.05) is 25.1 Å². The maximum absolute atomic E-state index is 5.65. The number of nitrogens with one attached hydrogen (secondary N) is 1. The highest BCUT2D eigenvalue weighted by atomic mass is 79.9. The lowest BCUT2D eigenvalue weighted by Crippen LogP contribution is -2.05. The lowest BCUT2D eigenvalue weighted by Gasteiger charge is -2.13. The van der Waals surface area contributed by atoms with Gasteiger partial charge in [-0.2, -0.15) is 0 Å². The third kappa shape index (κ3) is 3.96. The standard InChI is InChI=1S/C15H16Br2N2O/c1-3-20-15-6-10(2)4-5-13(15)19-9-14-12(17)7-11(16)8-18-14/h4-8,19H,3,9H2,1-2H3. The van der Waals surface area contributed by atoms with Crippen LogP contribution < -0.4 is 10.1 Å². The second-order valence-electron chi connectivity index (χ2n) is 4.37. The van der Waals surface area contributed by atoms with Crippen molar-refractivity contribution < 1.29 is 4.74 Å². The lowest BCUT2D eigenvalue weighted by molar-refractivity contribution is 0.341. The second kappa shape index (κ2) is 7.09. The molecule has 0 atom stereocenters. The van der Waals surface area contributed by atoms with Crippen molar-refractivity contribution in [3.8, 4) is 5.75 Å². The summed E-state index contributed by atoms with van der Waals surface area (Å²) in [4.78, 5) is 4.39. The Hall–Kier alpha value is -1.07. The average Bonchev–Trinajstić information content (AvgIpc) is 2.40. The average molecular weight is 400 g/mol. The molecule has 3 nitrogen and oxygen atoms in total. The summed E-state index contributed by atoms with van der Waals surface area (Å²) in [6.45, 7) is 5.33. The number of hydrogen-bond acceptors (Lipinski definition) is 3. The zero-order chi connectivity index (χ0) is 14.5. The molecule has 0 aliphatic rings. The van der Waals surface area contributed by atoms with Gasteiger partial charge in [-0.05, 0) is 69.5 Å². The van der Waals surface area contributed by atoms with Gasteiger partial charge in [0.05, 0.1) is 24.5 Å². The first-order valence-corrected chi connectivity index (χ1v) is 7.96. The number of benzene rings is 1. The highest BCUT2D eigenvalue weighted by molar-refractivity contribution is 9.11. The first kappa shape index (κ1) is 15.3. The maximum atomic E-state index is 5.65. The summed E-state index contributed by atoms with van der Waals surface area (Å²) in [6.07, 6.45) is 1.79. The van der Waals surface area contributed by atoms with Gasteiger partial charge in [0.15, 0.2) is 0 Å². The van der Waals surface area contributed by atoms with Crippen molar-refractivity contribution in [1.29, 1.82) is 0 Å².